The molecule has 0 spiro atoms. The van der Waals surface area contributed by atoms with Crippen molar-refractivity contribution in [3.8, 4) is 0 Å². The smallest absolute Gasteiger partial charge is 0.229 e. The van der Waals surface area contributed by atoms with Crippen molar-refractivity contribution in [1.82, 2.24) is 10.1 Å². The van der Waals surface area contributed by atoms with Gasteiger partial charge in [0.05, 0.1) is 0 Å². The molecule has 21 heavy (non-hydrogen) atoms. The normalized spacial score (nSPS) is 21.8. The Balaban J connectivity index is 0.00000161. The van der Waals surface area contributed by atoms with E-state index in [9.17, 15) is 0 Å². The quantitative estimate of drug-likeness (QED) is 0.932. The molecule has 3 rings (SSSR count). The van der Waals surface area contributed by atoms with Crippen LogP contribution in [0, 0.1) is 0 Å². The number of hydrogen-bond acceptors (Lipinski definition) is 4. The van der Waals surface area contributed by atoms with Crippen LogP contribution in [0.2, 0.25) is 5.02 Å². The largest absolute Gasteiger partial charge is 0.339 e. The van der Waals surface area contributed by atoms with Crippen molar-refractivity contribution in [2.75, 3.05) is 0 Å². The van der Waals surface area contributed by atoms with E-state index in [4.69, 9.17) is 21.9 Å². The summed E-state index contributed by atoms with van der Waals surface area (Å²) in [4.78, 5) is 4.52. The Morgan fingerprint density at radius 2 is 2.00 bits per heavy atom. The molecular formula is C15H19Cl2N3O. The average Bonchev–Trinajstić information content (AvgIpc) is 2.90. The predicted molar refractivity (Wildman–Crippen MR) is 85.0 cm³/mol. The van der Waals surface area contributed by atoms with Gasteiger partial charge in [0, 0.05) is 23.4 Å². The molecule has 1 aliphatic rings. The third-order valence-corrected chi connectivity index (χ3v) is 4.08. The van der Waals surface area contributed by atoms with Crippen LogP contribution >= 0.6 is 24.0 Å². The van der Waals surface area contributed by atoms with Gasteiger partial charge in [-0.2, -0.15) is 4.98 Å². The molecule has 1 saturated carbocycles. The highest BCUT2D eigenvalue weighted by Gasteiger charge is 2.25. The van der Waals surface area contributed by atoms with Crippen molar-refractivity contribution in [3.63, 3.8) is 0 Å². The van der Waals surface area contributed by atoms with Crippen molar-refractivity contribution in [1.29, 1.82) is 0 Å². The molecule has 4 nitrogen and oxygen atoms in total. The molecule has 2 unspecified atom stereocenters. The van der Waals surface area contributed by atoms with Gasteiger partial charge in [-0.05, 0) is 37.0 Å². The molecule has 0 bridgehead atoms. The molecule has 0 aliphatic heterocycles. The third kappa shape index (κ3) is 4.19. The van der Waals surface area contributed by atoms with Crippen LogP contribution in [-0.4, -0.2) is 16.2 Å². The predicted octanol–water partition coefficient (Wildman–Crippen LogP) is 3.72. The van der Waals surface area contributed by atoms with Crippen molar-refractivity contribution < 1.29 is 4.52 Å². The molecule has 1 aromatic heterocycles. The summed E-state index contributed by atoms with van der Waals surface area (Å²) in [6.45, 7) is 0. The fraction of sp³-hybridized carbons (Fsp3) is 0.467. The second kappa shape index (κ2) is 7.25. The van der Waals surface area contributed by atoms with Crippen LogP contribution in [-0.2, 0) is 6.42 Å². The molecule has 1 aromatic carbocycles. The van der Waals surface area contributed by atoms with Gasteiger partial charge in [-0.1, -0.05) is 35.3 Å². The first kappa shape index (κ1) is 16.3. The molecule has 0 radical (unpaired) electrons. The van der Waals surface area contributed by atoms with Crippen LogP contribution in [0.3, 0.4) is 0 Å². The summed E-state index contributed by atoms with van der Waals surface area (Å²) in [7, 11) is 0. The zero-order chi connectivity index (χ0) is 13.9. The third-order valence-electron chi connectivity index (χ3n) is 3.82. The molecule has 1 fully saturated rings. The number of benzene rings is 1. The van der Waals surface area contributed by atoms with E-state index in [0.717, 1.165) is 48.0 Å². The highest BCUT2D eigenvalue weighted by molar-refractivity contribution is 6.30. The lowest BCUT2D eigenvalue weighted by Crippen LogP contribution is -2.26. The minimum atomic E-state index is 0. The maximum atomic E-state index is 6.00. The van der Waals surface area contributed by atoms with Crippen molar-refractivity contribution in [2.45, 2.75) is 44.1 Å². The molecular weight excluding hydrogens is 309 g/mol. The Morgan fingerprint density at radius 3 is 2.71 bits per heavy atom. The zero-order valence-corrected chi connectivity index (χ0v) is 13.2. The number of aromatic nitrogens is 2. The Kier molecular flexibility index (Phi) is 5.62. The first-order valence-electron chi connectivity index (χ1n) is 7.03. The number of rotatable bonds is 3. The van der Waals surface area contributed by atoms with Crippen LogP contribution in [0.1, 0.15) is 48.9 Å². The Bertz CT molecular complexity index is 571. The van der Waals surface area contributed by atoms with Crippen molar-refractivity contribution in [2.24, 2.45) is 5.73 Å². The van der Waals surface area contributed by atoms with E-state index in [1.807, 2.05) is 24.3 Å². The Morgan fingerprint density at radius 1 is 1.24 bits per heavy atom. The summed E-state index contributed by atoms with van der Waals surface area (Å²) in [5.41, 5.74) is 7.13. The van der Waals surface area contributed by atoms with Crippen LogP contribution in [0.15, 0.2) is 28.8 Å². The lowest BCUT2D eigenvalue weighted by molar-refractivity contribution is 0.297. The van der Waals surface area contributed by atoms with Crippen LogP contribution in [0.5, 0.6) is 0 Å². The maximum Gasteiger partial charge on any atom is 0.229 e. The topological polar surface area (TPSA) is 64.9 Å². The number of nitrogens with zero attached hydrogens (tertiary/aromatic N) is 2. The molecule has 0 amide bonds. The fourth-order valence-corrected chi connectivity index (χ4v) is 2.87. The average molecular weight is 328 g/mol. The highest BCUT2D eigenvalue weighted by atomic mass is 35.5. The molecule has 0 saturated heterocycles. The SMILES string of the molecule is Cl.NC1CCCC(c2nc(Cc3ccc(Cl)cc3)no2)C1. The molecule has 114 valence electrons. The van der Waals surface area contributed by atoms with Gasteiger partial charge in [0.2, 0.25) is 5.89 Å². The summed E-state index contributed by atoms with van der Waals surface area (Å²) in [5, 5.41) is 4.81. The summed E-state index contributed by atoms with van der Waals surface area (Å²) in [5.74, 6) is 1.79. The van der Waals surface area contributed by atoms with E-state index in [1.165, 1.54) is 0 Å². The van der Waals surface area contributed by atoms with Crippen LogP contribution in [0.4, 0.5) is 0 Å². The van der Waals surface area contributed by atoms with E-state index in [-0.39, 0.29) is 18.4 Å². The molecule has 2 aromatic rings. The molecule has 2 atom stereocenters. The van der Waals surface area contributed by atoms with E-state index in [0.29, 0.717) is 12.3 Å². The van der Waals surface area contributed by atoms with Crippen molar-refractivity contribution in [3.05, 3.63) is 46.6 Å². The molecule has 6 heteroatoms. The maximum absolute atomic E-state index is 6.00. The van der Waals surface area contributed by atoms with Gasteiger partial charge < -0.3 is 10.3 Å². The van der Waals surface area contributed by atoms with Gasteiger partial charge >= 0.3 is 0 Å². The minimum absolute atomic E-state index is 0. The van der Waals surface area contributed by atoms with E-state index in [1.54, 1.807) is 0 Å². The van der Waals surface area contributed by atoms with Gasteiger partial charge in [0.15, 0.2) is 5.82 Å². The van der Waals surface area contributed by atoms with Gasteiger partial charge in [0.1, 0.15) is 0 Å². The number of nitrogens with two attached hydrogens (primary N) is 1. The molecule has 1 heterocycles. The zero-order valence-electron chi connectivity index (χ0n) is 11.7. The second-order valence-corrected chi connectivity index (χ2v) is 5.91. The van der Waals surface area contributed by atoms with Crippen molar-refractivity contribution >= 4 is 24.0 Å². The van der Waals surface area contributed by atoms with Gasteiger partial charge in [0.25, 0.3) is 0 Å². The Labute approximate surface area is 135 Å². The van der Waals surface area contributed by atoms with E-state index >= 15 is 0 Å². The fourth-order valence-electron chi connectivity index (χ4n) is 2.74. The van der Waals surface area contributed by atoms with Gasteiger partial charge in [-0.25, -0.2) is 0 Å². The number of hydrogen-bond donors (Lipinski definition) is 1. The number of halogens is 2. The lowest BCUT2D eigenvalue weighted by Gasteiger charge is -2.23. The second-order valence-electron chi connectivity index (χ2n) is 5.48. The van der Waals surface area contributed by atoms with Crippen LogP contribution in [0.25, 0.3) is 0 Å². The molecule has 1 aliphatic carbocycles. The highest BCUT2D eigenvalue weighted by Crippen LogP contribution is 2.31. The van der Waals surface area contributed by atoms with E-state index < -0.39 is 0 Å². The first-order chi connectivity index (χ1) is 9.70. The minimum Gasteiger partial charge on any atom is -0.339 e. The summed E-state index contributed by atoms with van der Waals surface area (Å²) in [6, 6.07) is 7.97. The van der Waals surface area contributed by atoms with Gasteiger partial charge in [-0.15, -0.1) is 12.4 Å². The molecule has 2 N–H and O–H groups in total. The van der Waals surface area contributed by atoms with E-state index in [2.05, 4.69) is 10.1 Å². The van der Waals surface area contributed by atoms with Gasteiger partial charge in [-0.3, -0.25) is 0 Å². The lowest BCUT2D eigenvalue weighted by atomic mass is 9.86. The van der Waals surface area contributed by atoms with Crippen LogP contribution < -0.4 is 5.73 Å². The first-order valence-corrected chi connectivity index (χ1v) is 7.41. The summed E-state index contributed by atoms with van der Waals surface area (Å²) in [6.07, 6.45) is 4.95. The standard InChI is InChI=1S/C15H18ClN3O.ClH/c16-12-6-4-10(5-7-12)8-14-18-15(20-19-14)11-2-1-3-13(17)9-11;/h4-7,11,13H,1-3,8-9,17H2;1H. The monoisotopic (exact) mass is 327 g/mol. The summed E-state index contributed by atoms with van der Waals surface area (Å²) >= 11 is 5.87. The Hall–Kier alpha value is -1.10. The summed E-state index contributed by atoms with van der Waals surface area (Å²) < 4.78 is 5.41.